The molecule has 0 saturated carbocycles. The van der Waals surface area contributed by atoms with E-state index in [0.29, 0.717) is 28.4 Å². The first-order valence-corrected chi connectivity index (χ1v) is 5.88. The molecule has 1 heterocycles. The fourth-order valence-corrected chi connectivity index (χ4v) is 2.34. The molecule has 0 aromatic heterocycles. The smallest absolute Gasteiger partial charge is 0.315 e. The normalized spacial score (nSPS) is 15.9. The van der Waals surface area contributed by atoms with E-state index in [2.05, 4.69) is 0 Å². The molecule has 19 heavy (non-hydrogen) atoms. The minimum atomic E-state index is -0.898. The van der Waals surface area contributed by atoms with Gasteiger partial charge in [0.1, 0.15) is 23.2 Å². The molecule has 0 bridgehead atoms. The van der Waals surface area contributed by atoms with E-state index < -0.39 is 11.9 Å². The molecular formula is C15H12O4. The highest BCUT2D eigenvalue weighted by atomic mass is 16.5. The Morgan fingerprint density at radius 3 is 2.63 bits per heavy atom. The molecule has 0 aliphatic carbocycles. The SMILES string of the molecule is COc1ccc2c(c1)[C@@H](C(=O)O)c1ccccc1O2. The van der Waals surface area contributed by atoms with E-state index >= 15 is 0 Å². The van der Waals surface area contributed by atoms with Crippen molar-refractivity contribution in [3.63, 3.8) is 0 Å². The highest BCUT2D eigenvalue weighted by Gasteiger charge is 2.32. The van der Waals surface area contributed by atoms with Crippen molar-refractivity contribution in [1.29, 1.82) is 0 Å². The summed E-state index contributed by atoms with van der Waals surface area (Å²) in [6, 6.07) is 12.4. The number of aliphatic carboxylic acids is 1. The average Bonchev–Trinajstić information content (AvgIpc) is 2.43. The van der Waals surface area contributed by atoms with Crippen LogP contribution >= 0.6 is 0 Å². The minimum absolute atomic E-state index is 0.562. The highest BCUT2D eigenvalue weighted by Crippen LogP contribution is 2.45. The number of benzene rings is 2. The van der Waals surface area contributed by atoms with E-state index in [0.717, 1.165) is 0 Å². The van der Waals surface area contributed by atoms with Gasteiger partial charge >= 0.3 is 5.97 Å². The summed E-state index contributed by atoms with van der Waals surface area (Å²) in [6.07, 6.45) is 0. The highest BCUT2D eigenvalue weighted by molar-refractivity contribution is 5.84. The summed E-state index contributed by atoms with van der Waals surface area (Å²) in [5.74, 6) is 0.146. The molecule has 0 saturated heterocycles. The standard InChI is InChI=1S/C15H12O4/c1-18-9-6-7-13-11(8-9)14(15(16)17)10-4-2-3-5-12(10)19-13/h2-8,14H,1H3,(H,16,17)/t14-/m0/s1. The molecule has 3 rings (SSSR count). The van der Waals surface area contributed by atoms with Crippen LogP contribution in [0, 0.1) is 0 Å². The summed E-state index contributed by atoms with van der Waals surface area (Å²) < 4.78 is 10.9. The van der Waals surface area contributed by atoms with E-state index in [1.807, 2.05) is 12.1 Å². The maximum Gasteiger partial charge on any atom is 0.315 e. The Bertz CT molecular complexity index is 648. The van der Waals surface area contributed by atoms with Crippen molar-refractivity contribution in [2.75, 3.05) is 7.11 Å². The van der Waals surface area contributed by atoms with E-state index in [4.69, 9.17) is 9.47 Å². The van der Waals surface area contributed by atoms with Gasteiger partial charge in [-0.15, -0.1) is 0 Å². The van der Waals surface area contributed by atoms with Crippen LogP contribution < -0.4 is 9.47 Å². The molecule has 0 radical (unpaired) electrons. The molecule has 0 spiro atoms. The Kier molecular flexibility index (Phi) is 2.63. The summed E-state index contributed by atoms with van der Waals surface area (Å²) in [6.45, 7) is 0. The molecule has 0 amide bonds. The molecule has 96 valence electrons. The van der Waals surface area contributed by atoms with Crippen LogP contribution in [0.4, 0.5) is 0 Å². The lowest BCUT2D eigenvalue weighted by atomic mass is 9.88. The van der Waals surface area contributed by atoms with E-state index in [9.17, 15) is 9.90 Å². The van der Waals surface area contributed by atoms with Crippen molar-refractivity contribution in [3.8, 4) is 17.2 Å². The van der Waals surface area contributed by atoms with Gasteiger partial charge in [-0.05, 0) is 24.3 Å². The van der Waals surface area contributed by atoms with Crippen molar-refractivity contribution >= 4 is 5.97 Å². The zero-order chi connectivity index (χ0) is 13.4. The van der Waals surface area contributed by atoms with Crippen LogP contribution in [0.3, 0.4) is 0 Å². The van der Waals surface area contributed by atoms with Gasteiger partial charge in [0, 0.05) is 11.1 Å². The lowest BCUT2D eigenvalue weighted by molar-refractivity contribution is -0.137. The van der Waals surface area contributed by atoms with Crippen LogP contribution in [0.1, 0.15) is 17.0 Å². The molecule has 4 heteroatoms. The third-order valence-corrected chi connectivity index (χ3v) is 3.22. The number of carbonyl (C=O) groups is 1. The molecule has 1 N–H and O–H groups in total. The first kappa shape index (κ1) is 11.6. The molecule has 2 aromatic carbocycles. The molecule has 1 atom stereocenters. The van der Waals surface area contributed by atoms with Crippen LogP contribution in [-0.2, 0) is 4.79 Å². The van der Waals surface area contributed by atoms with Crippen LogP contribution in [0.25, 0.3) is 0 Å². The van der Waals surface area contributed by atoms with Crippen molar-refractivity contribution in [1.82, 2.24) is 0 Å². The van der Waals surface area contributed by atoms with Gasteiger partial charge in [0.25, 0.3) is 0 Å². The number of ether oxygens (including phenoxy) is 2. The number of carboxylic acid groups (broad SMARTS) is 1. The summed E-state index contributed by atoms with van der Waals surface area (Å²) in [4.78, 5) is 11.6. The Balaban J connectivity index is 2.21. The van der Waals surface area contributed by atoms with Gasteiger partial charge in [0.05, 0.1) is 7.11 Å². The fraction of sp³-hybridized carbons (Fsp3) is 0.133. The number of hydrogen-bond acceptors (Lipinski definition) is 3. The summed E-state index contributed by atoms with van der Waals surface area (Å²) >= 11 is 0. The van der Waals surface area contributed by atoms with Crippen molar-refractivity contribution in [2.24, 2.45) is 0 Å². The topological polar surface area (TPSA) is 55.8 Å². The number of carboxylic acids is 1. The van der Waals surface area contributed by atoms with Crippen molar-refractivity contribution < 1.29 is 19.4 Å². The van der Waals surface area contributed by atoms with Gasteiger partial charge in [-0.1, -0.05) is 18.2 Å². The number of para-hydroxylation sites is 1. The molecule has 4 nitrogen and oxygen atoms in total. The average molecular weight is 256 g/mol. The van der Waals surface area contributed by atoms with Gasteiger partial charge in [0.2, 0.25) is 0 Å². The zero-order valence-corrected chi connectivity index (χ0v) is 10.3. The number of rotatable bonds is 2. The van der Waals surface area contributed by atoms with Gasteiger partial charge < -0.3 is 14.6 Å². The molecule has 1 aliphatic rings. The van der Waals surface area contributed by atoms with E-state index in [-0.39, 0.29) is 0 Å². The minimum Gasteiger partial charge on any atom is -0.497 e. The quantitative estimate of drug-likeness (QED) is 0.897. The maximum atomic E-state index is 11.6. The lowest BCUT2D eigenvalue weighted by Crippen LogP contribution is -2.18. The number of fused-ring (bicyclic) bond motifs is 2. The van der Waals surface area contributed by atoms with E-state index in [1.54, 1.807) is 37.4 Å². The summed E-state index contributed by atoms with van der Waals surface area (Å²) in [5, 5.41) is 9.50. The Morgan fingerprint density at radius 1 is 1.16 bits per heavy atom. The second-order valence-electron chi connectivity index (χ2n) is 4.31. The monoisotopic (exact) mass is 256 g/mol. The maximum absolute atomic E-state index is 11.6. The summed E-state index contributed by atoms with van der Waals surface area (Å²) in [7, 11) is 1.55. The molecule has 0 fully saturated rings. The van der Waals surface area contributed by atoms with Gasteiger partial charge in [-0.25, -0.2) is 0 Å². The van der Waals surface area contributed by atoms with Gasteiger partial charge in [0.15, 0.2) is 0 Å². The Hall–Kier alpha value is -2.49. The predicted octanol–water partition coefficient (Wildman–Crippen LogP) is 3.02. The van der Waals surface area contributed by atoms with Crippen LogP contribution in [0.15, 0.2) is 42.5 Å². The zero-order valence-electron chi connectivity index (χ0n) is 10.3. The largest absolute Gasteiger partial charge is 0.497 e. The number of hydrogen-bond donors (Lipinski definition) is 1. The fourth-order valence-electron chi connectivity index (χ4n) is 2.34. The third kappa shape index (κ3) is 1.81. The van der Waals surface area contributed by atoms with Gasteiger partial charge in [-0.2, -0.15) is 0 Å². The van der Waals surface area contributed by atoms with Crippen molar-refractivity contribution in [2.45, 2.75) is 5.92 Å². The second-order valence-corrected chi connectivity index (χ2v) is 4.31. The van der Waals surface area contributed by atoms with Crippen molar-refractivity contribution in [3.05, 3.63) is 53.6 Å². The molecular weight excluding hydrogens is 244 g/mol. The van der Waals surface area contributed by atoms with Crippen LogP contribution in [0.2, 0.25) is 0 Å². The predicted molar refractivity (Wildman–Crippen MR) is 69.0 cm³/mol. The summed E-state index contributed by atoms with van der Waals surface area (Å²) in [5.41, 5.74) is 1.28. The van der Waals surface area contributed by atoms with Crippen LogP contribution in [-0.4, -0.2) is 18.2 Å². The third-order valence-electron chi connectivity index (χ3n) is 3.22. The first-order chi connectivity index (χ1) is 9.20. The Morgan fingerprint density at radius 2 is 1.89 bits per heavy atom. The molecule has 2 aromatic rings. The number of methoxy groups -OCH3 is 1. The second kappa shape index (κ2) is 4.31. The lowest BCUT2D eigenvalue weighted by Gasteiger charge is -2.25. The van der Waals surface area contributed by atoms with Crippen LogP contribution in [0.5, 0.6) is 17.2 Å². The van der Waals surface area contributed by atoms with E-state index in [1.165, 1.54) is 0 Å². The molecule has 1 aliphatic heterocycles. The first-order valence-electron chi connectivity index (χ1n) is 5.88. The Labute approximate surface area is 110 Å². The molecule has 0 unspecified atom stereocenters. The van der Waals surface area contributed by atoms with Gasteiger partial charge in [-0.3, -0.25) is 4.79 Å².